The van der Waals surface area contributed by atoms with Crippen molar-refractivity contribution in [2.24, 2.45) is 5.92 Å². The molecule has 4 nitrogen and oxygen atoms in total. The second-order valence-corrected chi connectivity index (χ2v) is 5.48. The standard InChI is InChI=1S/C15H18FNO3/c1-19-14-6-10(16)2-3-13(14)15(18)9-4-11-7-20-8-12(5-9)17-11/h2-3,6,9,11-12,17H,4-5,7-8H2,1H3. The number of rotatable bonds is 3. The Kier molecular flexibility index (Phi) is 3.72. The number of nitrogens with one attached hydrogen (secondary N) is 1. The number of morpholine rings is 1. The molecule has 1 aromatic rings. The lowest BCUT2D eigenvalue weighted by Crippen LogP contribution is -2.55. The van der Waals surface area contributed by atoms with Crippen LogP contribution in [0.25, 0.3) is 0 Å². The van der Waals surface area contributed by atoms with Crippen LogP contribution in [-0.4, -0.2) is 38.2 Å². The number of methoxy groups -OCH3 is 1. The average Bonchev–Trinajstić information content (AvgIpc) is 2.46. The number of carbonyl (C=O) groups is 1. The normalized spacial score (nSPS) is 29.0. The van der Waals surface area contributed by atoms with Crippen LogP contribution in [0.3, 0.4) is 0 Å². The van der Waals surface area contributed by atoms with Crippen molar-refractivity contribution < 1.29 is 18.7 Å². The van der Waals surface area contributed by atoms with Gasteiger partial charge >= 0.3 is 0 Å². The van der Waals surface area contributed by atoms with Crippen molar-refractivity contribution in [1.82, 2.24) is 5.32 Å². The molecule has 2 bridgehead atoms. The van der Waals surface area contributed by atoms with Crippen molar-refractivity contribution in [1.29, 1.82) is 0 Å². The average molecular weight is 279 g/mol. The van der Waals surface area contributed by atoms with Crippen molar-refractivity contribution >= 4 is 5.78 Å². The minimum Gasteiger partial charge on any atom is -0.496 e. The molecule has 2 saturated heterocycles. The number of piperidine rings is 1. The summed E-state index contributed by atoms with van der Waals surface area (Å²) in [6.07, 6.45) is 1.52. The van der Waals surface area contributed by atoms with Gasteiger partial charge in [-0.2, -0.15) is 0 Å². The number of hydrogen-bond donors (Lipinski definition) is 1. The molecule has 108 valence electrons. The molecule has 2 fully saturated rings. The van der Waals surface area contributed by atoms with E-state index in [0.717, 1.165) is 12.8 Å². The molecule has 0 amide bonds. The summed E-state index contributed by atoms with van der Waals surface area (Å²) in [5, 5.41) is 3.46. The Labute approximate surface area is 117 Å². The van der Waals surface area contributed by atoms with E-state index in [2.05, 4.69) is 5.32 Å². The zero-order chi connectivity index (χ0) is 14.1. The minimum absolute atomic E-state index is 0.0419. The van der Waals surface area contributed by atoms with Gasteiger partial charge in [0.15, 0.2) is 5.78 Å². The number of Topliss-reactive ketones (excluding diaryl/α,β-unsaturated/α-hetero) is 1. The van der Waals surface area contributed by atoms with Gasteiger partial charge in [-0.15, -0.1) is 0 Å². The Balaban J connectivity index is 1.82. The third-order valence-electron chi connectivity index (χ3n) is 4.05. The van der Waals surface area contributed by atoms with Gasteiger partial charge in [0.2, 0.25) is 0 Å². The maximum atomic E-state index is 13.2. The van der Waals surface area contributed by atoms with E-state index >= 15 is 0 Å². The lowest BCUT2D eigenvalue weighted by molar-refractivity contribution is 0.00948. The van der Waals surface area contributed by atoms with Gasteiger partial charge in [0.25, 0.3) is 0 Å². The van der Waals surface area contributed by atoms with Gasteiger partial charge in [-0.25, -0.2) is 4.39 Å². The third-order valence-corrected chi connectivity index (χ3v) is 4.05. The van der Waals surface area contributed by atoms with Gasteiger partial charge in [-0.1, -0.05) is 0 Å². The fourth-order valence-electron chi connectivity index (χ4n) is 3.14. The molecule has 20 heavy (non-hydrogen) atoms. The van der Waals surface area contributed by atoms with Crippen LogP contribution in [0.4, 0.5) is 4.39 Å². The summed E-state index contributed by atoms with van der Waals surface area (Å²) in [7, 11) is 1.45. The second-order valence-electron chi connectivity index (χ2n) is 5.48. The summed E-state index contributed by atoms with van der Waals surface area (Å²) in [4.78, 5) is 12.7. The first-order valence-electron chi connectivity index (χ1n) is 6.89. The monoisotopic (exact) mass is 279 g/mol. The molecule has 2 heterocycles. The highest BCUT2D eigenvalue weighted by Gasteiger charge is 2.36. The van der Waals surface area contributed by atoms with Crippen LogP contribution in [0.15, 0.2) is 18.2 Å². The molecule has 0 aromatic heterocycles. The van der Waals surface area contributed by atoms with Crippen LogP contribution in [0, 0.1) is 11.7 Å². The number of halogens is 1. The molecule has 2 unspecified atom stereocenters. The van der Waals surface area contributed by atoms with E-state index in [1.54, 1.807) is 0 Å². The highest BCUT2D eigenvalue weighted by molar-refractivity contribution is 6.00. The van der Waals surface area contributed by atoms with E-state index in [1.807, 2.05) is 0 Å². The Morgan fingerprint density at radius 2 is 2.05 bits per heavy atom. The van der Waals surface area contributed by atoms with Crippen molar-refractivity contribution in [2.45, 2.75) is 24.9 Å². The molecule has 2 aliphatic rings. The van der Waals surface area contributed by atoms with Gasteiger partial charge < -0.3 is 14.8 Å². The molecule has 2 atom stereocenters. The van der Waals surface area contributed by atoms with E-state index in [-0.39, 0.29) is 23.8 Å². The third kappa shape index (κ3) is 2.55. The molecule has 0 spiro atoms. The molecular formula is C15H18FNO3. The number of hydrogen-bond acceptors (Lipinski definition) is 4. The Morgan fingerprint density at radius 1 is 1.35 bits per heavy atom. The topological polar surface area (TPSA) is 47.6 Å². The molecule has 2 aliphatic heterocycles. The minimum atomic E-state index is -0.394. The highest BCUT2D eigenvalue weighted by Crippen LogP contribution is 2.30. The highest BCUT2D eigenvalue weighted by atomic mass is 19.1. The van der Waals surface area contributed by atoms with E-state index in [0.29, 0.717) is 24.5 Å². The predicted octanol–water partition coefficient (Wildman–Crippen LogP) is 1.78. The first kappa shape index (κ1) is 13.5. The van der Waals surface area contributed by atoms with E-state index in [1.165, 1.54) is 25.3 Å². The van der Waals surface area contributed by atoms with Gasteiger partial charge in [0.1, 0.15) is 11.6 Å². The van der Waals surface area contributed by atoms with Crippen LogP contribution in [0.5, 0.6) is 5.75 Å². The summed E-state index contributed by atoms with van der Waals surface area (Å²) in [5.74, 6) is -0.0846. The van der Waals surface area contributed by atoms with Gasteiger partial charge in [-0.05, 0) is 25.0 Å². The number of carbonyl (C=O) groups excluding carboxylic acids is 1. The molecule has 5 heteroatoms. The molecule has 0 aliphatic carbocycles. The van der Waals surface area contributed by atoms with Gasteiger partial charge in [-0.3, -0.25) is 4.79 Å². The number of ketones is 1. The summed E-state index contributed by atoms with van der Waals surface area (Å²) in [5.41, 5.74) is 0.472. The Hall–Kier alpha value is -1.46. The first-order valence-corrected chi connectivity index (χ1v) is 6.89. The number of fused-ring (bicyclic) bond motifs is 2. The smallest absolute Gasteiger partial charge is 0.169 e. The van der Waals surface area contributed by atoms with E-state index in [4.69, 9.17) is 9.47 Å². The molecule has 0 saturated carbocycles. The van der Waals surface area contributed by atoms with Gasteiger partial charge in [0.05, 0.1) is 25.9 Å². The maximum absolute atomic E-state index is 13.2. The summed E-state index contributed by atoms with van der Waals surface area (Å²) < 4.78 is 23.8. The zero-order valence-corrected chi connectivity index (χ0v) is 11.4. The molecule has 1 N–H and O–H groups in total. The fourth-order valence-corrected chi connectivity index (χ4v) is 3.14. The van der Waals surface area contributed by atoms with Crippen molar-refractivity contribution in [3.8, 4) is 5.75 Å². The van der Waals surface area contributed by atoms with Crippen LogP contribution in [-0.2, 0) is 4.74 Å². The summed E-state index contributed by atoms with van der Waals surface area (Å²) in [6.45, 7) is 1.31. The van der Waals surface area contributed by atoms with Crippen LogP contribution >= 0.6 is 0 Å². The summed E-state index contributed by atoms with van der Waals surface area (Å²) in [6, 6.07) is 4.56. The maximum Gasteiger partial charge on any atom is 0.169 e. The SMILES string of the molecule is COc1cc(F)ccc1C(=O)C1CC2COCC(C1)N2. The quantitative estimate of drug-likeness (QED) is 0.857. The van der Waals surface area contributed by atoms with E-state index < -0.39 is 5.82 Å². The molecule has 1 aromatic carbocycles. The zero-order valence-electron chi connectivity index (χ0n) is 11.4. The largest absolute Gasteiger partial charge is 0.496 e. The van der Waals surface area contributed by atoms with Crippen molar-refractivity contribution in [3.63, 3.8) is 0 Å². The van der Waals surface area contributed by atoms with Crippen LogP contribution in [0.2, 0.25) is 0 Å². The van der Waals surface area contributed by atoms with Crippen LogP contribution < -0.4 is 10.1 Å². The molecular weight excluding hydrogens is 261 g/mol. The predicted molar refractivity (Wildman–Crippen MR) is 71.5 cm³/mol. The lowest BCUT2D eigenvalue weighted by atomic mass is 9.82. The molecule has 3 rings (SSSR count). The number of benzene rings is 1. The Bertz CT molecular complexity index is 508. The number of ether oxygens (including phenoxy) is 2. The summed E-state index contributed by atoms with van der Waals surface area (Å²) >= 11 is 0. The van der Waals surface area contributed by atoms with E-state index in [9.17, 15) is 9.18 Å². The second kappa shape index (κ2) is 5.50. The first-order chi connectivity index (χ1) is 9.67. The van der Waals surface area contributed by atoms with Crippen molar-refractivity contribution in [2.75, 3.05) is 20.3 Å². The van der Waals surface area contributed by atoms with Crippen LogP contribution in [0.1, 0.15) is 23.2 Å². The van der Waals surface area contributed by atoms with Gasteiger partial charge in [0, 0.05) is 24.1 Å². The molecule has 0 radical (unpaired) electrons. The van der Waals surface area contributed by atoms with Crippen molar-refractivity contribution in [3.05, 3.63) is 29.6 Å². The lowest BCUT2D eigenvalue weighted by Gasteiger charge is -2.39. The fraction of sp³-hybridized carbons (Fsp3) is 0.533. The Morgan fingerprint density at radius 3 is 2.70 bits per heavy atom.